The minimum atomic E-state index is -0.958. The van der Waals surface area contributed by atoms with Crippen molar-refractivity contribution in [1.29, 1.82) is 0 Å². The van der Waals surface area contributed by atoms with Gasteiger partial charge >= 0.3 is 5.97 Å². The predicted molar refractivity (Wildman–Crippen MR) is 79.8 cm³/mol. The third-order valence-electron chi connectivity index (χ3n) is 4.39. The molecule has 1 heterocycles. The second-order valence-electron chi connectivity index (χ2n) is 5.82. The Kier molecular flexibility index (Phi) is 5.30. The molecule has 0 spiro atoms. The van der Waals surface area contributed by atoms with E-state index in [0.29, 0.717) is 18.5 Å². The first-order valence-corrected chi connectivity index (χ1v) is 7.48. The minimum Gasteiger partial charge on any atom is -0.480 e. The summed E-state index contributed by atoms with van der Waals surface area (Å²) in [6, 6.07) is 2.46. The smallest absolute Gasteiger partial charge is 0.320 e. The number of halogens is 2. The van der Waals surface area contributed by atoms with Crippen LogP contribution in [0.5, 0.6) is 0 Å². The lowest BCUT2D eigenvalue weighted by molar-refractivity contribution is -0.143. The second-order valence-corrected chi connectivity index (χ2v) is 5.82. The number of carbonyl (C=O) groups is 2. The van der Waals surface area contributed by atoms with Gasteiger partial charge in [-0.1, -0.05) is 6.07 Å². The summed E-state index contributed by atoms with van der Waals surface area (Å²) in [6.07, 6.45) is 1.28. The van der Waals surface area contributed by atoms with Crippen LogP contribution in [0.25, 0.3) is 0 Å². The molecule has 0 saturated carbocycles. The van der Waals surface area contributed by atoms with E-state index < -0.39 is 29.7 Å². The Morgan fingerprint density at radius 2 is 2.09 bits per heavy atom. The lowest BCUT2D eigenvalue weighted by Crippen LogP contribution is -2.44. The number of carboxylic acid groups (broad SMARTS) is 1. The number of carbonyl (C=O) groups excluding carboxylic acids is 1. The summed E-state index contributed by atoms with van der Waals surface area (Å²) in [5.74, 6) is -3.07. The van der Waals surface area contributed by atoms with Gasteiger partial charge in [-0.2, -0.15) is 0 Å². The molecule has 0 aliphatic carbocycles. The highest BCUT2D eigenvalue weighted by Gasteiger charge is 2.32. The molecule has 1 fully saturated rings. The van der Waals surface area contributed by atoms with E-state index in [-0.39, 0.29) is 12.5 Å². The molecule has 2 rings (SSSR count). The Labute approximate surface area is 133 Å². The molecule has 0 unspecified atom stereocenters. The zero-order valence-corrected chi connectivity index (χ0v) is 13.1. The van der Waals surface area contributed by atoms with Gasteiger partial charge in [0.05, 0.1) is 12.6 Å². The van der Waals surface area contributed by atoms with Crippen LogP contribution in [0, 0.1) is 11.6 Å². The zero-order valence-electron chi connectivity index (χ0n) is 13.1. The molecule has 1 aliphatic rings. The monoisotopic (exact) mass is 326 g/mol. The van der Waals surface area contributed by atoms with Gasteiger partial charge in [0, 0.05) is 7.05 Å². The van der Waals surface area contributed by atoms with Gasteiger partial charge in [-0.15, -0.1) is 0 Å². The standard InChI is InChI=1S/C16H20F2N2O3/c1-10(11-5-6-12(17)13(18)8-11)19(2)15(21)9-20-7-3-4-14(20)16(22)23/h5-6,8,10,14H,3-4,7,9H2,1-2H3,(H,22,23)/t10-,14+/m0/s1. The van der Waals surface area contributed by atoms with Gasteiger partial charge in [0.2, 0.25) is 5.91 Å². The largest absolute Gasteiger partial charge is 0.480 e. The van der Waals surface area contributed by atoms with Crippen LogP contribution in [0.3, 0.4) is 0 Å². The number of likely N-dealkylation sites (N-methyl/N-ethyl adjacent to an activating group) is 1. The lowest BCUT2D eigenvalue weighted by Gasteiger charge is -2.28. The molecule has 0 radical (unpaired) electrons. The first-order valence-electron chi connectivity index (χ1n) is 7.48. The number of hydrogen-bond donors (Lipinski definition) is 1. The number of amides is 1. The fourth-order valence-electron chi connectivity index (χ4n) is 2.79. The average molecular weight is 326 g/mol. The van der Waals surface area contributed by atoms with Gasteiger partial charge in [0.15, 0.2) is 11.6 Å². The Morgan fingerprint density at radius 1 is 1.39 bits per heavy atom. The van der Waals surface area contributed by atoms with Crippen molar-refractivity contribution in [1.82, 2.24) is 9.80 Å². The molecule has 1 amide bonds. The molecule has 1 saturated heterocycles. The maximum atomic E-state index is 13.3. The number of benzene rings is 1. The van der Waals surface area contributed by atoms with Gasteiger partial charge in [0.25, 0.3) is 0 Å². The topological polar surface area (TPSA) is 60.9 Å². The highest BCUT2D eigenvalue weighted by molar-refractivity contribution is 5.80. The van der Waals surface area contributed by atoms with Gasteiger partial charge in [-0.05, 0) is 44.0 Å². The van der Waals surface area contributed by atoms with Gasteiger partial charge < -0.3 is 10.0 Å². The number of nitrogens with zero attached hydrogens (tertiary/aromatic N) is 2. The molecule has 2 atom stereocenters. The Morgan fingerprint density at radius 3 is 2.70 bits per heavy atom. The zero-order chi connectivity index (χ0) is 17.1. The van der Waals surface area contributed by atoms with E-state index in [0.717, 1.165) is 18.6 Å². The van der Waals surface area contributed by atoms with Crippen LogP contribution in [0.4, 0.5) is 8.78 Å². The van der Waals surface area contributed by atoms with E-state index in [9.17, 15) is 18.4 Å². The first kappa shape index (κ1) is 17.3. The predicted octanol–water partition coefficient (Wildman–Crippen LogP) is 2.03. The summed E-state index contributed by atoms with van der Waals surface area (Å²) >= 11 is 0. The lowest BCUT2D eigenvalue weighted by atomic mass is 10.1. The molecule has 5 nitrogen and oxygen atoms in total. The van der Waals surface area contributed by atoms with E-state index in [1.165, 1.54) is 11.0 Å². The highest BCUT2D eigenvalue weighted by atomic mass is 19.2. The van der Waals surface area contributed by atoms with Crippen LogP contribution >= 0.6 is 0 Å². The van der Waals surface area contributed by atoms with Crippen molar-refractivity contribution in [3.05, 3.63) is 35.4 Å². The van der Waals surface area contributed by atoms with E-state index in [1.807, 2.05) is 0 Å². The van der Waals surface area contributed by atoms with E-state index in [4.69, 9.17) is 5.11 Å². The molecular formula is C16H20F2N2O3. The number of rotatable bonds is 5. The summed E-state index contributed by atoms with van der Waals surface area (Å²) in [6.45, 7) is 2.28. The quantitative estimate of drug-likeness (QED) is 0.899. The van der Waals surface area contributed by atoms with Crippen LogP contribution in [-0.2, 0) is 9.59 Å². The van der Waals surface area contributed by atoms with E-state index in [1.54, 1.807) is 18.9 Å². The summed E-state index contributed by atoms with van der Waals surface area (Å²) < 4.78 is 26.3. The van der Waals surface area contributed by atoms with Crippen LogP contribution in [0.2, 0.25) is 0 Å². The summed E-state index contributed by atoms with van der Waals surface area (Å²) in [5, 5.41) is 9.14. The van der Waals surface area contributed by atoms with Crippen molar-refractivity contribution >= 4 is 11.9 Å². The van der Waals surface area contributed by atoms with Crippen molar-refractivity contribution in [2.45, 2.75) is 31.8 Å². The highest BCUT2D eigenvalue weighted by Crippen LogP contribution is 2.22. The molecule has 23 heavy (non-hydrogen) atoms. The van der Waals surface area contributed by atoms with Crippen LogP contribution < -0.4 is 0 Å². The molecule has 1 aliphatic heterocycles. The van der Waals surface area contributed by atoms with Crippen molar-refractivity contribution in [2.75, 3.05) is 20.1 Å². The average Bonchev–Trinajstić information content (AvgIpc) is 2.96. The number of hydrogen-bond acceptors (Lipinski definition) is 3. The van der Waals surface area contributed by atoms with Crippen LogP contribution in [0.15, 0.2) is 18.2 Å². The Hall–Kier alpha value is -2.02. The summed E-state index contributed by atoms with van der Waals surface area (Å²) in [5.41, 5.74) is 0.482. The van der Waals surface area contributed by atoms with Gasteiger partial charge in [-0.3, -0.25) is 14.5 Å². The fraction of sp³-hybridized carbons (Fsp3) is 0.500. The van der Waals surface area contributed by atoms with Crippen molar-refractivity contribution in [2.24, 2.45) is 0 Å². The molecule has 126 valence electrons. The second kappa shape index (κ2) is 7.04. The van der Waals surface area contributed by atoms with Gasteiger partial charge in [-0.25, -0.2) is 8.78 Å². The van der Waals surface area contributed by atoms with E-state index in [2.05, 4.69) is 0 Å². The summed E-state index contributed by atoms with van der Waals surface area (Å²) in [7, 11) is 1.57. The molecule has 0 bridgehead atoms. The van der Waals surface area contributed by atoms with Crippen LogP contribution in [0.1, 0.15) is 31.4 Å². The molecule has 1 aromatic carbocycles. The third kappa shape index (κ3) is 3.85. The minimum absolute atomic E-state index is 0.00147. The van der Waals surface area contributed by atoms with E-state index >= 15 is 0 Å². The SMILES string of the molecule is C[C@@H](c1ccc(F)c(F)c1)N(C)C(=O)CN1CCC[C@@H]1C(=O)O. The Balaban J connectivity index is 2.03. The Bertz CT molecular complexity index is 609. The molecule has 1 N–H and O–H groups in total. The fourth-order valence-corrected chi connectivity index (χ4v) is 2.79. The number of likely N-dealkylation sites (tertiary alicyclic amines) is 1. The molecule has 0 aromatic heterocycles. The van der Waals surface area contributed by atoms with Gasteiger partial charge in [0.1, 0.15) is 6.04 Å². The maximum Gasteiger partial charge on any atom is 0.320 e. The maximum absolute atomic E-state index is 13.3. The van der Waals surface area contributed by atoms with Crippen molar-refractivity contribution in [3.8, 4) is 0 Å². The molecular weight excluding hydrogens is 306 g/mol. The summed E-state index contributed by atoms with van der Waals surface area (Å²) in [4.78, 5) is 26.6. The number of aliphatic carboxylic acids is 1. The van der Waals surface area contributed by atoms with Crippen molar-refractivity contribution < 1.29 is 23.5 Å². The van der Waals surface area contributed by atoms with Crippen molar-refractivity contribution in [3.63, 3.8) is 0 Å². The molecule has 1 aromatic rings. The third-order valence-corrected chi connectivity index (χ3v) is 4.39. The number of carboxylic acids is 1. The molecule has 7 heteroatoms. The normalized spacial score (nSPS) is 19.6. The van der Waals surface area contributed by atoms with Crippen LogP contribution in [-0.4, -0.2) is 53.0 Å². The first-order chi connectivity index (χ1) is 10.8.